The van der Waals surface area contributed by atoms with Crippen LogP contribution in [0.1, 0.15) is 38.3 Å². The molecule has 0 saturated heterocycles. The Hall–Kier alpha value is -1.73. The van der Waals surface area contributed by atoms with Gasteiger partial charge in [-0.05, 0) is 30.4 Å². The predicted octanol–water partition coefficient (Wildman–Crippen LogP) is 2.63. The summed E-state index contributed by atoms with van der Waals surface area (Å²) in [4.78, 5) is 28.1. The van der Waals surface area contributed by atoms with Crippen molar-refractivity contribution in [3.05, 3.63) is 38.0 Å². The van der Waals surface area contributed by atoms with Gasteiger partial charge in [-0.15, -0.1) is 22.7 Å². The van der Waals surface area contributed by atoms with E-state index >= 15 is 0 Å². The first kappa shape index (κ1) is 14.2. The maximum Gasteiger partial charge on any atom is 0.355 e. The van der Waals surface area contributed by atoms with Crippen molar-refractivity contribution in [1.82, 2.24) is 10.3 Å². The Kier molecular flexibility index (Phi) is 3.77. The summed E-state index contributed by atoms with van der Waals surface area (Å²) in [6.45, 7) is 2.37. The zero-order valence-corrected chi connectivity index (χ0v) is 13.0. The summed E-state index contributed by atoms with van der Waals surface area (Å²) in [7, 11) is 0. The number of thiazole rings is 1. The van der Waals surface area contributed by atoms with E-state index in [1.807, 2.05) is 0 Å². The lowest BCUT2D eigenvalue weighted by molar-refractivity contribution is -0.122. The largest absolute Gasteiger partial charge is 0.476 e. The summed E-state index contributed by atoms with van der Waals surface area (Å²) < 4.78 is 0. The number of hydrogen-bond donors (Lipinski definition) is 2. The maximum atomic E-state index is 12.1. The first-order valence-electron chi connectivity index (χ1n) is 6.55. The van der Waals surface area contributed by atoms with Gasteiger partial charge in [0.15, 0.2) is 5.69 Å². The molecule has 3 rings (SSSR count). The number of aryl methyl sites for hydroxylation is 1. The lowest BCUT2D eigenvalue weighted by atomic mass is 10.2. The molecule has 2 heterocycles. The Morgan fingerprint density at radius 1 is 1.48 bits per heavy atom. The van der Waals surface area contributed by atoms with Gasteiger partial charge in [0.2, 0.25) is 5.91 Å². The fourth-order valence-electron chi connectivity index (χ4n) is 2.32. The summed E-state index contributed by atoms with van der Waals surface area (Å²) >= 11 is 2.96. The minimum absolute atomic E-state index is 0.0277. The average molecular weight is 322 g/mol. The standard InChI is InChI=1S/C14H14N2O3S2/c1-7-2-3-20-12(7)8-4-9(8)13(17)15-5-11-16-10(6-21-11)14(18)19/h2-3,6,8-9H,4-5H2,1H3,(H,15,17)(H,18,19). The molecule has 7 heteroatoms. The van der Waals surface area contributed by atoms with E-state index in [2.05, 4.69) is 28.7 Å². The van der Waals surface area contributed by atoms with E-state index in [-0.39, 0.29) is 17.5 Å². The molecule has 0 aliphatic heterocycles. The Labute approximate surface area is 129 Å². The van der Waals surface area contributed by atoms with Gasteiger partial charge in [0, 0.05) is 22.1 Å². The zero-order valence-electron chi connectivity index (χ0n) is 11.3. The lowest BCUT2D eigenvalue weighted by Crippen LogP contribution is -2.24. The second kappa shape index (κ2) is 5.57. The molecule has 0 radical (unpaired) electrons. The van der Waals surface area contributed by atoms with Gasteiger partial charge in [-0.2, -0.15) is 0 Å². The molecule has 2 aromatic heterocycles. The first-order valence-corrected chi connectivity index (χ1v) is 8.31. The van der Waals surface area contributed by atoms with Crippen LogP contribution in [0.15, 0.2) is 16.8 Å². The molecular weight excluding hydrogens is 308 g/mol. The summed E-state index contributed by atoms with van der Waals surface area (Å²) in [5.74, 6) is -0.628. The highest BCUT2D eigenvalue weighted by molar-refractivity contribution is 7.10. The summed E-state index contributed by atoms with van der Waals surface area (Å²) in [5, 5.41) is 15.8. The van der Waals surface area contributed by atoms with Gasteiger partial charge < -0.3 is 10.4 Å². The molecule has 0 aromatic carbocycles. The van der Waals surface area contributed by atoms with Gasteiger partial charge in [0.1, 0.15) is 5.01 Å². The molecule has 2 unspecified atom stereocenters. The van der Waals surface area contributed by atoms with Crippen LogP contribution in [-0.4, -0.2) is 22.0 Å². The van der Waals surface area contributed by atoms with Crippen molar-refractivity contribution >= 4 is 34.6 Å². The van der Waals surface area contributed by atoms with Crippen LogP contribution in [0.5, 0.6) is 0 Å². The maximum absolute atomic E-state index is 12.1. The minimum Gasteiger partial charge on any atom is -0.476 e. The molecule has 2 N–H and O–H groups in total. The summed E-state index contributed by atoms with van der Waals surface area (Å²) in [5.41, 5.74) is 1.29. The summed E-state index contributed by atoms with van der Waals surface area (Å²) in [6, 6.07) is 2.08. The number of carboxylic acids is 1. The average Bonchev–Trinajstić information content (AvgIpc) is 2.89. The van der Waals surface area contributed by atoms with Gasteiger partial charge >= 0.3 is 5.97 Å². The molecular formula is C14H14N2O3S2. The van der Waals surface area contributed by atoms with Crippen molar-refractivity contribution in [3.8, 4) is 0 Å². The van der Waals surface area contributed by atoms with E-state index < -0.39 is 5.97 Å². The molecule has 110 valence electrons. The van der Waals surface area contributed by atoms with Crippen LogP contribution >= 0.6 is 22.7 Å². The number of rotatable bonds is 5. The SMILES string of the molecule is Cc1ccsc1C1CC1C(=O)NCc1nc(C(=O)O)cs1. The molecule has 1 fully saturated rings. The fourth-order valence-corrected chi connectivity index (χ4v) is 4.14. The van der Waals surface area contributed by atoms with Crippen molar-refractivity contribution < 1.29 is 14.7 Å². The van der Waals surface area contributed by atoms with E-state index in [4.69, 9.17) is 5.11 Å². The Bertz CT molecular complexity index is 692. The molecule has 1 aliphatic carbocycles. The number of thiophene rings is 1. The molecule has 5 nitrogen and oxygen atoms in total. The number of nitrogens with one attached hydrogen (secondary N) is 1. The highest BCUT2D eigenvalue weighted by atomic mass is 32.1. The monoisotopic (exact) mass is 322 g/mol. The molecule has 2 aromatic rings. The first-order chi connectivity index (χ1) is 10.1. The highest BCUT2D eigenvalue weighted by Crippen LogP contribution is 2.50. The van der Waals surface area contributed by atoms with Crippen LogP contribution in [0.2, 0.25) is 0 Å². The molecule has 1 aliphatic rings. The second-order valence-corrected chi connectivity index (χ2v) is 6.96. The van der Waals surface area contributed by atoms with Gasteiger partial charge in [-0.25, -0.2) is 9.78 Å². The minimum atomic E-state index is -1.04. The smallest absolute Gasteiger partial charge is 0.355 e. The number of carbonyl (C=O) groups is 2. The molecule has 1 amide bonds. The molecule has 2 atom stereocenters. The van der Waals surface area contributed by atoms with Gasteiger partial charge in [0.05, 0.1) is 6.54 Å². The normalized spacial score (nSPS) is 20.2. The van der Waals surface area contributed by atoms with E-state index in [0.29, 0.717) is 17.5 Å². The molecule has 0 bridgehead atoms. The lowest BCUT2D eigenvalue weighted by Gasteiger charge is -2.02. The van der Waals surface area contributed by atoms with Crippen molar-refractivity contribution in [2.75, 3.05) is 0 Å². The number of aromatic carboxylic acids is 1. The third-order valence-corrected chi connectivity index (χ3v) is 5.55. The van der Waals surface area contributed by atoms with Gasteiger partial charge in [-0.3, -0.25) is 4.79 Å². The highest BCUT2D eigenvalue weighted by Gasteiger charge is 2.45. The van der Waals surface area contributed by atoms with Crippen LogP contribution < -0.4 is 5.32 Å². The van der Waals surface area contributed by atoms with E-state index in [1.54, 1.807) is 11.3 Å². The number of carbonyl (C=O) groups excluding carboxylic acids is 1. The van der Waals surface area contributed by atoms with Gasteiger partial charge in [0.25, 0.3) is 0 Å². The molecule has 1 saturated carbocycles. The molecule has 21 heavy (non-hydrogen) atoms. The van der Waals surface area contributed by atoms with Crippen LogP contribution in [0, 0.1) is 12.8 Å². The third-order valence-electron chi connectivity index (χ3n) is 3.55. The Morgan fingerprint density at radius 3 is 2.90 bits per heavy atom. The second-order valence-electron chi connectivity index (χ2n) is 5.07. The zero-order chi connectivity index (χ0) is 15.0. The van der Waals surface area contributed by atoms with Crippen LogP contribution in [0.3, 0.4) is 0 Å². The van der Waals surface area contributed by atoms with Crippen molar-refractivity contribution in [3.63, 3.8) is 0 Å². The van der Waals surface area contributed by atoms with E-state index in [9.17, 15) is 9.59 Å². The summed E-state index contributed by atoms with van der Waals surface area (Å²) in [6.07, 6.45) is 0.894. The number of nitrogens with zero attached hydrogens (tertiary/aromatic N) is 1. The van der Waals surface area contributed by atoms with E-state index in [0.717, 1.165) is 6.42 Å². The van der Waals surface area contributed by atoms with Crippen molar-refractivity contribution in [2.45, 2.75) is 25.8 Å². The predicted molar refractivity (Wildman–Crippen MR) is 80.8 cm³/mol. The third kappa shape index (κ3) is 2.98. The number of aromatic nitrogens is 1. The fraction of sp³-hybridized carbons (Fsp3) is 0.357. The van der Waals surface area contributed by atoms with Gasteiger partial charge in [-0.1, -0.05) is 0 Å². The van der Waals surface area contributed by atoms with E-state index in [1.165, 1.54) is 27.2 Å². The number of hydrogen-bond acceptors (Lipinski definition) is 5. The quantitative estimate of drug-likeness (QED) is 0.887. The molecule has 0 spiro atoms. The topological polar surface area (TPSA) is 79.3 Å². The van der Waals surface area contributed by atoms with Crippen molar-refractivity contribution in [1.29, 1.82) is 0 Å². The van der Waals surface area contributed by atoms with Crippen molar-refractivity contribution in [2.24, 2.45) is 5.92 Å². The Balaban J connectivity index is 1.53. The van der Waals surface area contributed by atoms with Crippen LogP contribution in [-0.2, 0) is 11.3 Å². The number of carboxylic acid groups (broad SMARTS) is 1. The Morgan fingerprint density at radius 2 is 2.29 bits per heavy atom. The number of amides is 1. The van der Waals surface area contributed by atoms with Crippen LogP contribution in [0.4, 0.5) is 0 Å². The van der Waals surface area contributed by atoms with Crippen LogP contribution in [0.25, 0.3) is 0 Å².